The van der Waals surface area contributed by atoms with Crippen LogP contribution in [0.15, 0.2) is 0 Å². The molecule has 1 fully saturated rings. The normalized spacial score (nSPS) is 19.2. The van der Waals surface area contributed by atoms with Gasteiger partial charge in [-0.1, -0.05) is 0 Å². The molecule has 0 unspecified atom stereocenters. The molecule has 1 rings (SSSR count). The second-order valence-electron chi connectivity index (χ2n) is 4.43. The van der Waals surface area contributed by atoms with Gasteiger partial charge in [-0.3, -0.25) is 4.79 Å². The SMILES string of the molecule is COC(=O)CC1CCN(CCS(N)(=O)=O)CC1. The molecule has 1 heterocycles. The van der Waals surface area contributed by atoms with Gasteiger partial charge in [-0.15, -0.1) is 0 Å². The summed E-state index contributed by atoms with van der Waals surface area (Å²) in [7, 11) is -1.98. The van der Waals surface area contributed by atoms with Crippen LogP contribution in [0.4, 0.5) is 0 Å². The molecule has 0 aromatic heterocycles. The highest BCUT2D eigenvalue weighted by atomic mass is 32.2. The Morgan fingerprint density at radius 3 is 2.47 bits per heavy atom. The Hall–Kier alpha value is -0.660. The molecule has 0 atom stereocenters. The van der Waals surface area contributed by atoms with Crippen LogP contribution in [0.1, 0.15) is 19.3 Å². The summed E-state index contributed by atoms with van der Waals surface area (Å²) in [4.78, 5) is 13.2. The number of nitrogens with zero attached hydrogens (tertiary/aromatic N) is 1. The minimum Gasteiger partial charge on any atom is -0.469 e. The number of hydrogen-bond donors (Lipinski definition) is 1. The quantitative estimate of drug-likeness (QED) is 0.679. The van der Waals surface area contributed by atoms with Gasteiger partial charge in [0.2, 0.25) is 10.0 Å². The Balaban J connectivity index is 2.24. The van der Waals surface area contributed by atoms with Gasteiger partial charge in [0, 0.05) is 13.0 Å². The van der Waals surface area contributed by atoms with Crippen LogP contribution in [0.2, 0.25) is 0 Å². The largest absolute Gasteiger partial charge is 0.469 e. The second kappa shape index (κ2) is 6.32. The number of hydrogen-bond acceptors (Lipinski definition) is 5. The average Bonchev–Trinajstić information content (AvgIpc) is 2.27. The number of methoxy groups -OCH3 is 1. The van der Waals surface area contributed by atoms with E-state index in [2.05, 4.69) is 9.64 Å². The second-order valence-corrected chi connectivity index (χ2v) is 6.17. The molecule has 0 saturated carbocycles. The summed E-state index contributed by atoms with van der Waals surface area (Å²) in [6.07, 6.45) is 2.26. The van der Waals surface area contributed by atoms with Crippen LogP contribution in [0.5, 0.6) is 0 Å². The van der Waals surface area contributed by atoms with Gasteiger partial charge >= 0.3 is 5.97 Å². The number of primary sulfonamides is 1. The molecule has 1 saturated heterocycles. The third kappa shape index (κ3) is 5.99. The molecular formula is C10H20N2O4S. The molecule has 7 heteroatoms. The zero-order valence-corrected chi connectivity index (χ0v) is 10.9. The van der Waals surface area contributed by atoms with Crippen molar-refractivity contribution in [2.75, 3.05) is 32.5 Å². The number of rotatable bonds is 5. The number of nitrogens with two attached hydrogens (primary N) is 1. The molecule has 17 heavy (non-hydrogen) atoms. The van der Waals surface area contributed by atoms with Crippen molar-refractivity contribution < 1.29 is 17.9 Å². The topological polar surface area (TPSA) is 89.7 Å². The number of ether oxygens (including phenoxy) is 1. The molecular weight excluding hydrogens is 244 g/mol. The minimum absolute atomic E-state index is 0.00529. The smallest absolute Gasteiger partial charge is 0.305 e. The van der Waals surface area contributed by atoms with E-state index in [1.807, 2.05) is 0 Å². The fourth-order valence-corrected chi connectivity index (χ4v) is 2.50. The van der Waals surface area contributed by atoms with Gasteiger partial charge in [-0.05, 0) is 31.8 Å². The van der Waals surface area contributed by atoms with E-state index < -0.39 is 10.0 Å². The lowest BCUT2D eigenvalue weighted by molar-refractivity contribution is -0.142. The van der Waals surface area contributed by atoms with Crippen molar-refractivity contribution in [2.45, 2.75) is 19.3 Å². The highest BCUT2D eigenvalue weighted by Gasteiger charge is 2.22. The van der Waals surface area contributed by atoms with Crippen LogP contribution in [0, 0.1) is 5.92 Å². The molecule has 6 nitrogen and oxygen atoms in total. The van der Waals surface area contributed by atoms with E-state index in [4.69, 9.17) is 5.14 Å². The number of carbonyl (C=O) groups is 1. The fourth-order valence-electron chi connectivity index (χ4n) is 1.99. The zero-order chi connectivity index (χ0) is 12.9. The van der Waals surface area contributed by atoms with Crippen molar-refractivity contribution in [1.82, 2.24) is 4.90 Å². The van der Waals surface area contributed by atoms with Gasteiger partial charge in [-0.25, -0.2) is 13.6 Å². The molecule has 1 aliphatic heterocycles. The summed E-state index contributed by atoms with van der Waals surface area (Å²) in [5, 5.41) is 4.95. The summed E-state index contributed by atoms with van der Waals surface area (Å²) < 4.78 is 26.2. The lowest BCUT2D eigenvalue weighted by Crippen LogP contribution is -2.38. The molecule has 0 spiro atoms. The van der Waals surface area contributed by atoms with E-state index >= 15 is 0 Å². The fraction of sp³-hybridized carbons (Fsp3) is 0.900. The van der Waals surface area contributed by atoms with Crippen LogP contribution in [-0.2, 0) is 19.6 Å². The standard InChI is InChI=1S/C10H20N2O4S/c1-16-10(13)8-9-2-4-12(5-3-9)6-7-17(11,14)15/h9H,2-8H2,1H3,(H2,11,14,15). The molecule has 0 aliphatic carbocycles. The van der Waals surface area contributed by atoms with Crippen molar-refractivity contribution in [2.24, 2.45) is 11.1 Å². The van der Waals surface area contributed by atoms with Gasteiger partial charge in [0.15, 0.2) is 0 Å². The monoisotopic (exact) mass is 264 g/mol. The van der Waals surface area contributed by atoms with Crippen molar-refractivity contribution in [1.29, 1.82) is 0 Å². The first kappa shape index (κ1) is 14.4. The predicted octanol–water partition coefficient (Wildman–Crippen LogP) is -0.450. The van der Waals surface area contributed by atoms with E-state index in [1.54, 1.807) is 0 Å². The van der Waals surface area contributed by atoms with E-state index in [9.17, 15) is 13.2 Å². The van der Waals surface area contributed by atoms with Crippen LogP contribution in [0.25, 0.3) is 0 Å². The molecule has 1 aliphatic rings. The number of sulfonamides is 1. The molecule has 0 aromatic carbocycles. The maximum atomic E-state index is 11.1. The highest BCUT2D eigenvalue weighted by molar-refractivity contribution is 7.89. The Morgan fingerprint density at radius 1 is 1.41 bits per heavy atom. The van der Waals surface area contributed by atoms with E-state index in [0.29, 0.717) is 18.9 Å². The molecule has 0 bridgehead atoms. The van der Waals surface area contributed by atoms with Gasteiger partial charge in [0.1, 0.15) is 0 Å². The van der Waals surface area contributed by atoms with Crippen LogP contribution >= 0.6 is 0 Å². The first-order chi connectivity index (χ1) is 7.90. The van der Waals surface area contributed by atoms with Crippen molar-refractivity contribution in [3.8, 4) is 0 Å². The third-order valence-electron chi connectivity index (χ3n) is 3.08. The predicted molar refractivity (Wildman–Crippen MR) is 63.8 cm³/mol. The van der Waals surface area contributed by atoms with Gasteiger partial charge < -0.3 is 9.64 Å². The van der Waals surface area contributed by atoms with Crippen molar-refractivity contribution >= 4 is 16.0 Å². The third-order valence-corrected chi connectivity index (χ3v) is 3.83. The van der Waals surface area contributed by atoms with E-state index in [-0.39, 0.29) is 11.7 Å². The summed E-state index contributed by atoms with van der Waals surface area (Å²) in [5.74, 6) is 0.176. The van der Waals surface area contributed by atoms with Crippen molar-refractivity contribution in [3.05, 3.63) is 0 Å². The number of carbonyl (C=O) groups excluding carboxylic acids is 1. The maximum Gasteiger partial charge on any atom is 0.305 e. The van der Waals surface area contributed by atoms with Gasteiger partial charge in [0.25, 0.3) is 0 Å². The molecule has 0 radical (unpaired) electrons. The van der Waals surface area contributed by atoms with E-state index in [1.165, 1.54) is 7.11 Å². The lowest BCUT2D eigenvalue weighted by atomic mass is 9.94. The highest BCUT2D eigenvalue weighted by Crippen LogP contribution is 2.20. The summed E-state index contributed by atoms with van der Waals surface area (Å²) >= 11 is 0. The Bertz CT molecular complexity index is 347. The van der Waals surface area contributed by atoms with Crippen LogP contribution < -0.4 is 5.14 Å². The van der Waals surface area contributed by atoms with E-state index in [0.717, 1.165) is 25.9 Å². The first-order valence-electron chi connectivity index (χ1n) is 5.70. The number of likely N-dealkylation sites (tertiary alicyclic amines) is 1. The average molecular weight is 264 g/mol. The van der Waals surface area contributed by atoms with Gasteiger partial charge in [0.05, 0.1) is 12.9 Å². The number of piperidine rings is 1. The number of esters is 1. The molecule has 2 N–H and O–H groups in total. The zero-order valence-electron chi connectivity index (χ0n) is 10.1. The maximum absolute atomic E-state index is 11.1. The van der Waals surface area contributed by atoms with Crippen LogP contribution in [-0.4, -0.2) is 51.8 Å². The summed E-state index contributed by atoms with van der Waals surface area (Å²) in [6, 6.07) is 0. The molecule has 0 amide bonds. The Labute approximate surface area is 102 Å². The molecule has 100 valence electrons. The van der Waals surface area contributed by atoms with Gasteiger partial charge in [-0.2, -0.15) is 0 Å². The summed E-state index contributed by atoms with van der Waals surface area (Å²) in [5.41, 5.74) is 0. The molecule has 0 aromatic rings. The van der Waals surface area contributed by atoms with Crippen LogP contribution in [0.3, 0.4) is 0 Å². The first-order valence-corrected chi connectivity index (χ1v) is 7.42. The lowest BCUT2D eigenvalue weighted by Gasteiger charge is -2.31. The minimum atomic E-state index is -3.38. The summed E-state index contributed by atoms with van der Waals surface area (Å²) in [6.45, 7) is 2.11. The Morgan fingerprint density at radius 2 is 2.00 bits per heavy atom. The van der Waals surface area contributed by atoms with Crippen molar-refractivity contribution in [3.63, 3.8) is 0 Å². The Kier molecular flexibility index (Phi) is 5.35.